The van der Waals surface area contributed by atoms with Crippen LogP contribution < -0.4 is 15.2 Å². The molecule has 1 fully saturated rings. The summed E-state index contributed by atoms with van der Waals surface area (Å²) >= 11 is 6.36. The average Bonchev–Trinajstić information content (AvgIpc) is 3.58. The number of aliphatic hydroxyl groups excluding tert-OH is 1. The highest BCUT2D eigenvalue weighted by molar-refractivity contribution is 6.32. The van der Waals surface area contributed by atoms with Crippen molar-refractivity contribution in [2.24, 2.45) is 7.05 Å². The molecule has 1 N–H and O–H groups in total. The van der Waals surface area contributed by atoms with Gasteiger partial charge in [-0.3, -0.25) is 9.36 Å². The van der Waals surface area contributed by atoms with Crippen LogP contribution in [0.5, 0.6) is 5.75 Å². The minimum atomic E-state index is -0.791. The van der Waals surface area contributed by atoms with E-state index in [1.54, 1.807) is 48.4 Å². The number of methoxy groups -OCH3 is 2. The van der Waals surface area contributed by atoms with Gasteiger partial charge in [0.2, 0.25) is 5.95 Å². The first-order valence-corrected chi connectivity index (χ1v) is 12.4. The number of hydrogen-bond donors (Lipinski definition) is 1. The molecule has 0 saturated carbocycles. The molecule has 0 amide bonds. The number of anilines is 1. The number of imidazole rings is 1. The largest absolute Gasteiger partial charge is 0.495 e. The van der Waals surface area contributed by atoms with Gasteiger partial charge in [-0.05, 0) is 30.5 Å². The second-order valence-corrected chi connectivity index (χ2v) is 9.45. The third-order valence-corrected chi connectivity index (χ3v) is 7.12. The van der Waals surface area contributed by atoms with E-state index in [0.29, 0.717) is 51.2 Å². The van der Waals surface area contributed by atoms with E-state index in [2.05, 4.69) is 9.97 Å². The van der Waals surface area contributed by atoms with Gasteiger partial charge in [-0.15, -0.1) is 0 Å². The molecular formula is C26H27ClN6O5. The van der Waals surface area contributed by atoms with E-state index in [-0.39, 0.29) is 24.8 Å². The molecular weight excluding hydrogens is 512 g/mol. The lowest BCUT2D eigenvalue weighted by Gasteiger charge is -2.24. The zero-order chi connectivity index (χ0) is 27.0. The van der Waals surface area contributed by atoms with Crippen LogP contribution >= 0.6 is 11.6 Å². The van der Waals surface area contributed by atoms with E-state index < -0.39 is 11.5 Å². The minimum Gasteiger partial charge on any atom is -0.495 e. The summed E-state index contributed by atoms with van der Waals surface area (Å²) in [5, 5.41) is 10.7. The van der Waals surface area contributed by atoms with Gasteiger partial charge in [0, 0.05) is 37.6 Å². The van der Waals surface area contributed by atoms with Gasteiger partial charge in [-0.25, -0.2) is 14.8 Å². The van der Waals surface area contributed by atoms with Crippen molar-refractivity contribution in [1.82, 2.24) is 24.1 Å². The fourth-order valence-electron chi connectivity index (χ4n) is 4.91. The molecule has 1 aliphatic heterocycles. The van der Waals surface area contributed by atoms with Gasteiger partial charge < -0.3 is 24.0 Å². The highest BCUT2D eigenvalue weighted by atomic mass is 35.5. The number of halogens is 1. The van der Waals surface area contributed by atoms with Crippen LogP contribution in [0.25, 0.3) is 22.4 Å². The third kappa shape index (κ3) is 4.37. The molecule has 198 valence electrons. The molecule has 1 aliphatic rings. The van der Waals surface area contributed by atoms with Gasteiger partial charge in [-0.2, -0.15) is 4.98 Å². The quantitative estimate of drug-likeness (QED) is 0.353. The predicted octanol–water partition coefficient (Wildman–Crippen LogP) is 2.65. The number of aliphatic hydroxyl groups is 1. The number of aromatic nitrogens is 5. The van der Waals surface area contributed by atoms with Crippen LogP contribution in [0.4, 0.5) is 5.95 Å². The van der Waals surface area contributed by atoms with Crippen LogP contribution in [0, 0.1) is 0 Å². The zero-order valence-corrected chi connectivity index (χ0v) is 22.0. The number of nitrogens with zero attached hydrogens (tertiary/aromatic N) is 6. The lowest BCUT2D eigenvalue weighted by Crippen LogP contribution is -2.34. The molecule has 4 heterocycles. The Labute approximate surface area is 223 Å². The second kappa shape index (κ2) is 10.4. The molecule has 12 heteroatoms. The molecule has 1 aromatic carbocycles. The van der Waals surface area contributed by atoms with Crippen LogP contribution in [0.15, 0.2) is 41.6 Å². The van der Waals surface area contributed by atoms with Gasteiger partial charge in [0.1, 0.15) is 22.8 Å². The third-order valence-electron chi connectivity index (χ3n) is 6.83. The topological polar surface area (TPSA) is 125 Å². The monoisotopic (exact) mass is 538 g/mol. The van der Waals surface area contributed by atoms with E-state index >= 15 is 0 Å². The Morgan fingerprint density at radius 2 is 2.08 bits per heavy atom. The fourth-order valence-corrected chi connectivity index (χ4v) is 5.19. The van der Waals surface area contributed by atoms with Crippen molar-refractivity contribution in [3.05, 3.63) is 63.3 Å². The van der Waals surface area contributed by atoms with Crippen molar-refractivity contribution in [2.45, 2.75) is 25.4 Å². The molecule has 3 aromatic heterocycles. The van der Waals surface area contributed by atoms with Crippen LogP contribution in [-0.4, -0.2) is 68.6 Å². The number of carbonyl (C=O) groups excluding carboxylic acids is 1. The van der Waals surface area contributed by atoms with Crippen molar-refractivity contribution >= 4 is 34.6 Å². The minimum absolute atomic E-state index is 0.0294. The molecule has 0 bridgehead atoms. The average molecular weight is 539 g/mol. The first kappa shape index (κ1) is 25.7. The van der Waals surface area contributed by atoms with E-state index in [4.69, 9.17) is 26.1 Å². The summed E-state index contributed by atoms with van der Waals surface area (Å²) in [5.41, 5.74) is 0.564. The molecule has 0 aliphatic carbocycles. The molecule has 38 heavy (non-hydrogen) atoms. The van der Waals surface area contributed by atoms with Crippen molar-refractivity contribution < 1.29 is 19.4 Å². The van der Waals surface area contributed by atoms with E-state index in [1.165, 1.54) is 18.8 Å². The van der Waals surface area contributed by atoms with Gasteiger partial charge in [0.15, 0.2) is 0 Å². The van der Waals surface area contributed by atoms with E-state index in [9.17, 15) is 14.7 Å². The molecule has 1 atom stereocenters. The van der Waals surface area contributed by atoms with Crippen LogP contribution in [0.3, 0.4) is 0 Å². The van der Waals surface area contributed by atoms with E-state index in [1.807, 2.05) is 4.90 Å². The number of carbonyl (C=O) groups is 1. The number of esters is 1. The summed E-state index contributed by atoms with van der Waals surface area (Å²) in [4.78, 5) is 42.8. The van der Waals surface area contributed by atoms with Crippen LogP contribution in [0.2, 0.25) is 5.02 Å². The number of hydrogen-bond acceptors (Lipinski definition) is 9. The van der Waals surface area contributed by atoms with Gasteiger partial charge in [0.25, 0.3) is 5.56 Å². The zero-order valence-electron chi connectivity index (χ0n) is 21.2. The first-order chi connectivity index (χ1) is 18.4. The number of fused-ring (bicyclic) bond motifs is 1. The standard InChI is InChI=1S/C26H27ClN6O5/c1-31-10-8-28-23(31)20-17-12-29-26(32-9-4-5-16(32)14-34)30-22(17)33(24(35)21(20)25(36)38-3)13-15-6-7-19(37-2)18(27)11-15/h6-8,10-12,16,34H,4-5,9,13-14H2,1-3H3. The first-order valence-electron chi connectivity index (χ1n) is 12.1. The maximum Gasteiger partial charge on any atom is 0.344 e. The smallest absolute Gasteiger partial charge is 0.344 e. The summed E-state index contributed by atoms with van der Waals surface area (Å²) < 4.78 is 13.4. The predicted molar refractivity (Wildman–Crippen MR) is 142 cm³/mol. The molecule has 4 aromatic rings. The fraction of sp³-hybridized carbons (Fsp3) is 0.346. The molecule has 0 radical (unpaired) electrons. The van der Waals surface area contributed by atoms with Gasteiger partial charge >= 0.3 is 5.97 Å². The van der Waals surface area contributed by atoms with Crippen LogP contribution in [-0.2, 0) is 18.3 Å². The lowest BCUT2D eigenvalue weighted by molar-refractivity contribution is 0.0599. The Morgan fingerprint density at radius 1 is 1.26 bits per heavy atom. The number of aryl methyl sites for hydroxylation is 1. The highest BCUT2D eigenvalue weighted by Crippen LogP contribution is 2.32. The summed E-state index contributed by atoms with van der Waals surface area (Å²) in [6.07, 6.45) is 6.60. The number of ether oxygens (including phenoxy) is 2. The normalized spacial score (nSPS) is 15.3. The number of pyridine rings is 1. The lowest BCUT2D eigenvalue weighted by atomic mass is 10.0. The van der Waals surface area contributed by atoms with Crippen molar-refractivity contribution in [2.75, 3.05) is 32.3 Å². The molecule has 1 unspecified atom stereocenters. The maximum absolute atomic E-state index is 14.0. The van der Waals surface area contributed by atoms with E-state index in [0.717, 1.165) is 12.8 Å². The summed E-state index contributed by atoms with van der Waals surface area (Å²) in [7, 11) is 4.52. The Hall–Kier alpha value is -3.96. The maximum atomic E-state index is 14.0. The summed E-state index contributed by atoms with van der Waals surface area (Å²) in [5.74, 6) is 0.506. The molecule has 5 rings (SSSR count). The van der Waals surface area contributed by atoms with Gasteiger partial charge in [-0.1, -0.05) is 17.7 Å². The molecule has 1 saturated heterocycles. The molecule has 0 spiro atoms. The van der Waals surface area contributed by atoms with Crippen molar-refractivity contribution in [1.29, 1.82) is 0 Å². The Bertz CT molecular complexity index is 1580. The van der Waals surface area contributed by atoms with Crippen molar-refractivity contribution in [3.8, 4) is 17.1 Å². The number of benzene rings is 1. The Kier molecular flexibility index (Phi) is 7.04. The summed E-state index contributed by atoms with van der Waals surface area (Å²) in [6, 6.07) is 5.09. The number of rotatable bonds is 7. The van der Waals surface area contributed by atoms with Crippen molar-refractivity contribution in [3.63, 3.8) is 0 Å². The SMILES string of the molecule is COC(=O)c1c(-c2nccn2C)c2cnc(N3CCCC3CO)nc2n(Cc2ccc(OC)c(Cl)c2)c1=O. The van der Waals surface area contributed by atoms with Gasteiger partial charge in [0.05, 0.1) is 44.0 Å². The Morgan fingerprint density at radius 3 is 2.74 bits per heavy atom. The highest BCUT2D eigenvalue weighted by Gasteiger charge is 2.30. The second-order valence-electron chi connectivity index (χ2n) is 9.04. The van der Waals surface area contributed by atoms with Crippen LogP contribution in [0.1, 0.15) is 28.8 Å². The summed E-state index contributed by atoms with van der Waals surface area (Å²) in [6.45, 7) is 0.726. The molecule has 11 nitrogen and oxygen atoms in total. The Balaban J connectivity index is 1.81.